The minimum atomic E-state index is -0.870. The molecule has 5 heteroatoms. The van der Waals surface area contributed by atoms with Crippen LogP contribution in [0.25, 0.3) is 5.57 Å². The highest BCUT2D eigenvalue weighted by Crippen LogP contribution is 2.77. The topological polar surface area (TPSA) is 86.6 Å². The third kappa shape index (κ3) is 5.81. The van der Waals surface area contributed by atoms with Gasteiger partial charge in [-0.3, -0.25) is 4.79 Å². The van der Waals surface area contributed by atoms with Gasteiger partial charge in [-0.15, -0.1) is 6.58 Å². The predicted molar refractivity (Wildman–Crippen MR) is 190 cm³/mol. The van der Waals surface area contributed by atoms with Gasteiger partial charge in [0.15, 0.2) is 0 Å². The maximum Gasteiger partial charge on any atom is 0.335 e. The van der Waals surface area contributed by atoms with Gasteiger partial charge < -0.3 is 15.5 Å². The summed E-state index contributed by atoms with van der Waals surface area (Å²) in [5.41, 5.74) is 4.12. The van der Waals surface area contributed by atoms with Crippen LogP contribution in [-0.2, 0) is 4.79 Å². The van der Waals surface area contributed by atoms with Crippen LogP contribution in [-0.4, -0.2) is 35.2 Å². The monoisotopic (exact) mass is 633 g/mol. The number of carbonyl (C=O) groups is 2. The van der Waals surface area contributed by atoms with Crippen molar-refractivity contribution in [2.45, 2.75) is 120 Å². The molecule has 0 saturated heterocycles. The Morgan fingerprint density at radius 1 is 0.870 bits per heavy atom. The Labute approximate surface area is 279 Å². The lowest BCUT2D eigenvalue weighted by molar-refractivity contribution is -0.222. The molecule has 5 nitrogen and oxygen atoms in total. The molecule has 0 radical (unpaired) electrons. The van der Waals surface area contributed by atoms with Gasteiger partial charge in [0.2, 0.25) is 0 Å². The van der Waals surface area contributed by atoms with E-state index in [0.29, 0.717) is 34.1 Å². The van der Waals surface area contributed by atoms with E-state index in [2.05, 4.69) is 52.6 Å². The number of allylic oxidation sites excluding steroid dienone is 3. The fraction of sp³-hybridized carbons (Fsp3) is 0.707. The molecule has 1 aromatic rings. The highest BCUT2D eigenvalue weighted by Gasteiger charge is 2.69. The lowest BCUT2D eigenvalue weighted by atomic mass is 9.32. The highest BCUT2D eigenvalue weighted by molar-refractivity contribution is 5.88. The van der Waals surface area contributed by atoms with Gasteiger partial charge in [0.05, 0.1) is 12.1 Å². The Balaban J connectivity index is 0.000000908. The molecule has 0 spiro atoms. The van der Waals surface area contributed by atoms with Crippen LogP contribution in [0.1, 0.15) is 136 Å². The molecule has 0 amide bonds. The number of aromatic carboxylic acids is 1. The first-order chi connectivity index (χ1) is 21.7. The van der Waals surface area contributed by atoms with Gasteiger partial charge in [-0.05, 0) is 139 Å². The molecular weight excluding hydrogens is 570 g/mol. The average molecular weight is 634 g/mol. The molecule has 1 aromatic carbocycles. The second-order valence-corrected chi connectivity index (χ2v) is 16.4. The van der Waals surface area contributed by atoms with E-state index in [0.717, 1.165) is 18.9 Å². The fourth-order valence-corrected chi connectivity index (χ4v) is 12.3. The highest BCUT2D eigenvalue weighted by atomic mass is 16.4. The van der Waals surface area contributed by atoms with Crippen molar-refractivity contribution < 1.29 is 19.8 Å². The first-order valence-corrected chi connectivity index (χ1v) is 18.2. The van der Waals surface area contributed by atoms with E-state index in [4.69, 9.17) is 0 Å². The largest absolute Gasteiger partial charge is 0.480 e. The molecular formula is C41H63NO4. The lowest BCUT2D eigenvalue weighted by Crippen LogP contribution is -2.65. The number of carboxylic acids is 2. The Morgan fingerprint density at radius 3 is 2.13 bits per heavy atom. The van der Waals surface area contributed by atoms with Crippen molar-refractivity contribution in [2.75, 3.05) is 13.1 Å². The summed E-state index contributed by atoms with van der Waals surface area (Å²) in [6, 6.07) is 7.54. The maximum atomic E-state index is 11.4. The molecule has 3 N–H and O–H groups in total. The van der Waals surface area contributed by atoms with E-state index in [1.165, 1.54) is 68.9 Å². The first-order valence-electron chi connectivity index (χ1n) is 18.2. The summed E-state index contributed by atoms with van der Waals surface area (Å²) in [5, 5.41) is 22.0. The van der Waals surface area contributed by atoms with Crippen molar-refractivity contribution in [2.24, 2.45) is 50.7 Å². The number of hydrogen-bond acceptors (Lipinski definition) is 3. The Morgan fingerprint density at radius 2 is 1.52 bits per heavy atom. The number of rotatable bonds is 6. The number of fused-ring (bicyclic) bond motifs is 7. The molecule has 4 saturated carbocycles. The molecule has 0 aliphatic heterocycles. The summed E-state index contributed by atoms with van der Waals surface area (Å²) in [5.74, 6) is 1.13. The number of hydrogen-bond donors (Lipinski definition) is 3. The standard InChI is InChI=1S/C36H51NO4.C3H6.C2H6/c1-32(2)25(23-8-10-24(11-9-23)31(40)41)14-17-33(3)28(32)15-18-35(5)29(33)13-12-26-27-7-6-16-36(27,20-19-34(26,35)4)22-37-21-30(38)39;1-3-2;1-2/h8-11,14,26-29,37H,6-7,12-13,15-22H2,1-5H3,(H,38,39)(H,40,41);3H,1H2,2H3;1-2H3/t26?,27?,28?,29?,33?,34-,35?,36?;;/m1../s1. The fourth-order valence-electron chi connectivity index (χ4n) is 12.3. The van der Waals surface area contributed by atoms with E-state index in [1.54, 1.807) is 18.2 Å². The third-order valence-electron chi connectivity index (χ3n) is 14.3. The van der Waals surface area contributed by atoms with Crippen LogP contribution in [0.2, 0.25) is 0 Å². The van der Waals surface area contributed by atoms with Gasteiger partial charge in [0, 0.05) is 6.54 Å². The number of aliphatic carboxylic acids is 1. The number of nitrogens with one attached hydrogen (secondary N) is 1. The zero-order chi connectivity index (χ0) is 34.1. The summed E-state index contributed by atoms with van der Waals surface area (Å²) in [7, 11) is 0. The molecule has 0 heterocycles. The Bertz CT molecular complexity index is 1300. The zero-order valence-corrected chi connectivity index (χ0v) is 30.2. The lowest BCUT2D eigenvalue weighted by Gasteiger charge is -2.72. The number of benzene rings is 1. The van der Waals surface area contributed by atoms with Crippen LogP contribution in [0.4, 0.5) is 0 Å². The SMILES string of the molecule is C=CC.CC.CC1(C)C(c2ccc(C(=O)O)cc2)=CCC2(C)C1CCC1(C)C2CCC2C3CCCC3(CNCC(=O)O)CC[C@]21C. The molecule has 5 aliphatic rings. The molecule has 6 rings (SSSR count). The van der Waals surface area contributed by atoms with Gasteiger partial charge in [-0.1, -0.05) is 79.2 Å². The van der Waals surface area contributed by atoms with Crippen molar-refractivity contribution in [3.05, 3.63) is 54.1 Å². The quantitative estimate of drug-likeness (QED) is 0.271. The van der Waals surface area contributed by atoms with Crippen molar-refractivity contribution in [1.29, 1.82) is 0 Å². The van der Waals surface area contributed by atoms with Crippen LogP contribution in [0.3, 0.4) is 0 Å². The molecule has 7 unspecified atom stereocenters. The van der Waals surface area contributed by atoms with Crippen molar-refractivity contribution >= 4 is 17.5 Å². The summed E-state index contributed by atoms with van der Waals surface area (Å²) in [6.45, 7) is 23.0. The average Bonchev–Trinajstić information content (AvgIpc) is 3.43. The smallest absolute Gasteiger partial charge is 0.335 e. The molecule has 8 atom stereocenters. The molecule has 0 aromatic heterocycles. The second kappa shape index (κ2) is 13.6. The van der Waals surface area contributed by atoms with Gasteiger partial charge in [0.25, 0.3) is 0 Å². The van der Waals surface area contributed by atoms with E-state index in [-0.39, 0.29) is 22.8 Å². The number of carboxylic acid groups (broad SMARTS) is 2. The van der Waals surface area contributed by atoms with Crippen LogP contribution < -0.4 is 5.32 Å². The summed E-state index contributed by atoms with van der Waals surface area (Å²) in [6.07, 6.45) is 16.9. The van der Waals surface area contributed by atoms with Gasteiger partial charge >= 0.3 is 11.9 Å². The zero-order valence-electron chi connectivity index (χ0n) is 30.2. The van der Waals surface area contributed by atoms with Crippen molar-refractivity contribution in [1.82, 2.24) is 5.32 Å². The normalized spacial score (nSPS) is 38.5. The second-order valence-electron chi connectivity index (χ2n) is 16.4. The Kier molecular flexibility index (Phi) is 10.8. The van der Waals surface area contributed by atoms with E-state index >= 15 is 0 Å². The summed E-state index contributed by atoms with van der Waals surface area (Å²) in [4.78, 5) is 22.7. The maximum absolute atomic E-state index is 11.4. The first kappa shape index (κ1) is 36.4. The Hall–Kier alpha value is -2.40. The van der Waals surface area contributed by atoms with Crippen LogP contribution in [0.5, 0.6) is 0 Å². The van der Waals surface area contributed by atoms with Gasteiger partial charge in [0.1, 0.15) is 0 Å². The molecule has 5 aliphatic carbocycles. The van der Waals surface area contributed by atoms with Crippen molar-refractivity contribution in [3.63, 3.8) is 0 Å². The van der Waals surface area contributed by atoms with Crippen molar-refractivity contribution in [3.8, 4) is 0 Å². The molecule has 4 fully saturated rings. The summed E-state index contributed by atoms with van der Waals surface area (Å²) < 4.78 is 0. The third-order valence-corrected chi connectivity index (χ3v) is 14.3. The van der Waals surface area contributed by atoms with E-state index in [1.807, 2.05) is 32.9 Å². The molecule has 256 valence electrons. The summed E-state index contributed by atoms with van der Waals surface area (Å²) >= 11 is 0. The van der Waals surface area contributed by atoms with Crippen LogP contribution in [0.15, 0.2) is 43.0 Å². The minimum absolute atomic E-state index is 0.0276. The molecule has 0 bridgehead atoms. The molecule has 46 heavy (non-hydrogen) atoms. The van der Waals surface area contributed by atoms with E-state index in [9.17, 15) is 19.8 Å². The van der Waals surface area contributed by atoms with E-state index < -0.39 is 11.9 Å². The minimum Gasteiger partial charge on any atom is -0.480 e. The predicted octanol–water partition coefficient (Wildman–Crippen LogP) is 10.1. The van der Waals surface area contributed by atoms with Crippen LogP contribution in [0, 0.1) is 50.7 Å². The van der Waals surface area contributed by atoms with Gasteiger partial charge in [-0.2, -0.15) is 0 Å². The van der Waals surface area contributed by atoms with Gasteiger partial charge in [-0.25, -0.2) is 4.79 Å². The van der Waals surface area contributed by atoms with Crippen LogP contribution >= 0.6 is 0 Å².